The fraction of sp³-hybridized carbons (Fsp3) is 0.925. The number of carbonyl (C=O) groups is 1. The van der Waals surface area contributed by atoms with Gasteiger partial charge in [0.1, 0.15) is 24.4 Å². The molecule has 1 aliphatic rings. The molecule has 0 bridgehead atoms. The van der Waals surface area contributed by atoms with Crippen LogP contribution in [0.15, 0.2) is 24.3 Å². The van der Waals surface area contributed by atoms with Crippen LogP contribution in [-0.2, 0) is 28.9 Å². The third-order valence-electron chi connectivity index (χ3n) is 16.5. The second-order valence-electron chi connectivity index (χ2n) is 24.1. The quantitative estimate of drug-likeness (QED) is 0.0193. The first-order chi connectivity index (χ1) is 39.0. The van der Waals surface area contributed by atoms with E-state index >= 15 is 0 Å². The zero-order valence-corrected chi connectivity index (χ0v) is 52.7. The van der Waals surface area contributed by atoms with E-state index in [0.29, 0.717) is 6.42 Å². The van der Waals surface area contributed by atoms with Crippen LogP contribution in [0.1, 0.15) is 341 Å². The second kappa shape index (κ2) is 56.7. The minimum absolute atomic E-state index is 0.257. The summed E-state index contributed by atoms with van der Waals surface area (Å²) in [5.41, 5.74) is 0. The highest BCUT2D eigenvalue weighted by Crippen LogP contribution is 2.26. The third kappa shape index (κ3) is 47.9. The van der Waals surface area contributed by atoms with Gasteiger partial charge in [-0.05, 0) is 44.9 Å². The molecule has 1 amide bonds. The lowest BCUT2D eigenvalue weighted by atomic mass is 9.99. The minimum Gasteiger partial charge on any atom is -0.394 e. The molecule has 1 rings (SSSR count). The topological polar surface area (TPSA) is 192 Å². The van der Waals surface area contributed by atoms with E-state index in [1.54, 1.807) is 6.08 Å². The summed E-state index contributed by atoms with van der Waals surface area (Å²) in [5, 5.41) is 45.0. The number of amides is 1. The lowest BCUT2D eigenvalue weighted by Crippen LogP contribution is -2.61. The van der Waals surface area contributed by atoms with Gasteiger partial charge in [-0.2, -0.15) is 8.42 Å². The van der Waals surface area contributed by atoms with Crippen molar-refractivity contribution in [1.82, 2.24) is 5.32 Å². The van der Waals surface area contributed by atoms with E-state index in [-0.39, 0.29) is 18.9 Å². The molecule has 0 radical (unpaired) electrons. The summed E-state index contributed by atoms with van der Waals surface area (Å²) < 4.78 is 47.9. The molecule has 80 heavy (non-hydrogen) atoms. The maximum atomic E-state index is 13.2. The molecule has 7 unspecified atom stereocenters. The molecule has 6 N–H and O–H groups in total. The molecule has 0 spiro atoms. The molecule has 13 heteroatoms. The number of aliphatic hydroxyl groups excluding tert-OH is 4. The molecule has 1 fully saturated rings. The molecular formula is C67H129NO11S. The Hall–Kier alpha value is -1.42. The lowest BCUT2D eigenvalue weighted by Gasteiger charge is -2.41. The Kier molecular flexibility index (Phi) is 54.3. The van der Waals surface area contributed by atoms with Crippen molar-refractivity contribution in [3.8, 4) is 0 Å². The lowest BCUT2D eigenvalue weighted by molar-refractivity contribution is -0.298. The average Bonchev–Trinajstić information content (AvgIpc) is 3.47. The van der Waals surface area contributed by atoms with Gasteiger partial charge in [-0.25, -0.2) is 4.18 Å². The predicted molar refractivity (Wildman–Crippen MR) is 333 cm³/mol. The molecule has 1 aliphatic heterocycles. The minimum atomic E-state index is -5.09. The Morgan fingerprint density at radius 2 is 0.800 bits per heavy atom. The van der Waals surface area contributed by atoms with Gasteiger partial charge in [0, 0.05) is 6.42 Å². The molecule has 0 aromatic rings. The van der Waals surface area contributed by atoms with Crippen LogP contribution < -0.4 is 5.32 Å². The highest BCUT2D eigenvalue weighted by molar-refractivity contribution is 7.80. The van der Waals surface area contributed by atoms with E-state index < -0.39 is 59.9 Å². The summed E-state index contributed by atoms with van der Waals surface area (Å²) in [6, 6.07) is -0.942. The van der Waals surface area contributed by atoms with Crippen LogP contribution in [0, 0.1) is 0 Å². The molecule has 1 saturated heterocycles. The summed E-state index contributed by atoms with van der Waals surface area (Å²) in [7, 11) is -5.09. The number of allylic oxidation sites excluding steroid dienone is 3. The average molecular weight is 1160 g/mol. The van der Waals surface area contributed by atoms with Gasteiger partial charge in [-0.3, -0.25) is 9.35 Å². The van der Waals surface area contributed by atoms with Crippen molar-refractivity contribution >= 4 is 16.3 Å². The van der Waals surface area contributed by atoms with Gasteiger partial charge in [0.2, 0.25) is 5.91 Å². The number of carbonyl (C=O) groups excluding carboxylic acids is 1. The largest absolute Gasteiger partial charge is 0.397 e. The molecule has 0 saturated carbocycles. The van der Waals surface area contributed by atoms with Gasteiger partial charge < -0.3 is 35.2 Å². The van der Waals surface area contributed by atoms with Crippen molar-refractivity contribution in [2.24, 2.45) is 0 Å². The van der Waals surface area contributed by atoms with Crippen LogP contribution in [0.3, 0.4) is 0 Å². The molecule has 0 aromatic carbocycles. The van der Waals surface area contributed by atoms with E-state index in [4.69, 9.17) is 9.47 Å². The standard InChI is InChI=1S/C67H129NO11S/c1-3-5-7-9-11-13-15-17-19-20-21-22-23-24-25-26-27-28-29-30-31-32-33-34-35-36-37-38-39-40-41-42-43-45-47-49-51-53-55-57-63(71)68-60(59-77-67-65(73)66(79-80(74,75)76)64(72)62(58-69)78-67)61(70)56-54-52-50-48-46-44-18-16-14-12-10-8-6-4-2/h30-31,54,56,60-62,64-67,69-70,72-73H,3-29,32-53,55,57-59H2,1-2H3,(H,68,71)(H,74,75,76)/b31-30-,56-54+. The van der Waals surface area contributed by atoms with Gasteiger partial charge in [0.15, 0.2) is 6.29 Å². The van der Waals surface area contributed by atoms with Gasteiger partial charge in [0.25, 0.3) is 0 Å². The zero-order chi connectivity index (χ0) is 58.3. The Balaban J connectivity index is 2.13. The van der Waals surface area contributed by atoms with Crippen LogP contribution in [0.5, 0.6) is 0 Å². The maximum absolute atomic E-state index is 13.2. The molecular weight excluding hydrogens is 1030 g/mol. The van der Waals surface area contributed by atoms with E-state index in [2.05, 4.69) is 35.5 Å². The van der Waals surface area contributed by atoms with Crippen LogP contribution in [-0.4, -0.2) is 95.4 Å². The number of ether oxygens (including phenoxy) is 2. The summed E-state index contributed by atoms with van der Waals surface area (Å²) >= 11 is 0. The molecule has 0 aliphatic carbocycles. The van der Waals surface area contributed by atoms with Crippen LogP contribution in [0.4, 0.5) is 0 Å². The highest BCUT2D eigenvalue weighted by Gasteiger charge is 2.48. The van der Waals surface area contributed by atoms with Crippen LogP contribution in [0.25, 0.3) is 0 Å². The maximum Gasteiger partial charge on any atom is 0.397 e. The molecule has 0 aromatic heterocycles. The Morgan fingerprint density at radius 1 is 0.487 bits per heavy atom. The normalized spacial score (nSPS) is 18.7. The first-order valence-electron chi connectivity index (χ1n) is 34.2. The van der Waals surface area contributed by atoms with Crippen LogP contribution in [0.2, 0.25) is 0 Å². The van der Waals surface area contributed by atoms with Crippen molar-refractivity contribution in [3.63, 3.8) is 0 Å². The third-order valence-corrected chi connectivity index (χ3v) is 16.9. The van der Waals surface area contributed by atoms with E-state index in [1.165, 1.54) is 276 Å². The number of rotatable bonds is 61. The van der Waals surface area contributed by atoms with Crippen molar-refractivity contribution in [1.29, 1.82) is 0 Å². The number of hydrogen-bond acceptors (Lipinski definition) is 10. The highest BCUT2D eigenvalue weighted by atomic mass is 32.3. The Bertz CT molecular complexity index is 1500. The Morgan fingerprint density at radius 3 is 1.12 bits per heavy atom. The van der Waals surface area contributed by atoms with Gasteiger partial charge in [-0.15, -0.1) is 0 Å². The first-order valence-corrected chi connectivity index (χ1v) is 35.6. The first kappa shape index (κ1) is 76.6. The monoisotopic (exact) mass is 1160 g/mol. The summed E-state index contributed by atoms with van der Waals surface area (Å²) in [4.78, 5) is 13.2. The summed E-state index contributed by atoms with van der Waals surface area (Å²) in [6.45, 7) is 3.43. The fourth-order valence-electron chi connectivity index (χ4n) is 11.2. The van der Waals surface area contributed by atoms with E-state index in [9.17, 15) is 38.2 Å². The second-order valence-corrected chi connectivity index (χ2v) is 25.2. The Labute approximate surface area is 493 Å². The number of nitrogens with one attached hydrogen (secondary N) is 1. The molecule has 7 atom stereocenters. The summed E-state index contributed by atoms with van der Waals surface area (Å²) in [5.74, 6) is -0.257. The van der Waals surface area contributed by atoms with Crippen molar-refractivity contribution in [3.05, 3.63) is 24.3 Å². The smallest absolute Gasteiger partial charge is 0.394 e. The summed E-state index contributed by atoms with van der Waals surface area (Å²) in [6.07, 6.45) is 64.2. The SMILES string of the molecule is CCCCCCCCCCCCCC/C=C/C(O)C(COC1OC(CO)C(O)C(OS(=O)(=O)O)C1O)NC(=O)CCCCCCCCCCCCCCCCCCC/C=C\CCCCCCCCCCCCCCCCCCCC. The van der Waals surface area contributed by atoms with Crippen molar-refractivity contribution in [2.45, 2.75) is 384 Å². The molecule has 474 valence electrons. The van der Waals surface area contributed by atoms with E-state index in [0.717, 1.165) is 38.5 Å². The number of aliphatic hydroxyl groups is 4. The van der Waals surface area contributed by atoms with Crippen LogP contribution >= 0.6 is 0 Å². The van der Waals surface area contributed by atoms with Gasteiger partial charge >= 0.3 is 10.4 Å². The van der Waals surface area contributed by atoms with Gasteiger partial charge in [0.05, 0.1) is 25.4 Å². The fourth-order valence-corrected chi connectivity index (χ4v) is 11.7. The zero-order valence-electron chi connectivity index (χ0n) is 51.9. The predicted octanol–water partition coefficient (Wildman–Crippen LogP) is 17.5. The van der Waals surface area contributed by atoms with Crippen molar-refractivity contribution in [2.75, 3.05) is 13.2 Å². The van der Waals surface area contributed by atoms with Gasteiger partial charge in [-0.1, -0.05) is 314 Å². The van der Waals surface area contributed by atoms with E-state index in [1.807, 2.05) is 6.08 Å². The number of unbranched alkanes of at least 4 members (excludes halogenated alkanes) is 47. The number of hydrogen-bond donors (Lipinski definition) is 6. The van der Waals surface area contributed by atoms with Crippen molar-refractivity contribution < 1.29 is 51.8 Å². The molecule has 1 heterocycles. The molecule has 12 nitrogen and oxygen atoms in total.